The number of nitrogens with two attached hydrogens (primary N) is 1. The van der Waals surface area contributed by atoms with Crippen molar-refractivity contribution in [1.82, 2.24) is 9.55 Å². The van der Waals surface area contributed by atoms with E-state index in [1.165, 1.54) is 12.1 Å². The molecule has 1 amide bonds. The Hall–Kier alpha value is -1.37. The molecule has 0 atom stereocenters. The van der Waals surface area contributed by atoms with Crippen LogP contribution in [0.4, 0.5) is 4.39 Å². The SMILES string of the molecule is NC(=O)COCCn1c(CCl)nc2cc(F)c(Cl)cc21. The van der Waals surface area contributed by atoms with Gasteiger partial charge in [-0.2, -0.15) is 0 Å². The second kappa shape index (κ2) is 6.39. The molecule has 0 unspecified atom stereocenters. The number of ether oxygens (including phenoxy) is 1. The molecule has 108 valence electrons. The van der Waals surface area contributed by atoms with Crippen molar-refractivity contribution in [1.29, 1.82) is 0 Å². The molecule has 2 aromatic rings. The van der Waals surface area contributed by atoms with E-state index in [0.717, 1.165) is 0 Å². The van der Waals surface area contributed by atoms with Gasteiger partial charge in [-0.25, -0.2) is 9.37 Å². The Labute approximate surface area is 124 Å². The van der Waals surface area contributed by atoms with Crippen molar-refractivity contribution in [2.24, 2.45) is 5.73 Å². The van der Waals surface area contributed by atoms with E-state index in [1.807, 2.05) is 0 Å². The van der Waals surface area contributed by atoms with Gasteiger partial charge in [0.25, 0.3) is 0 Å². The number of nitrogens with zero attached hydrogens (tertiary/aromatic N) is 2. The summed E-state index contributed by atoms with van der Waals surface area (Å²) in [4.78, 5) is 14.8. The van der Waals surface area contributed by atoms with Gasteiger partial charge in [0, 0.05) is 12.6 Å². The third-order valence-corrected chi connectivity index (χ3v) is 3.22. The van der Waals surface area contributed by atoms with Gasteiger partial charge in [-0.15, -0.1) is 11.6 Å². The van der Waals surface area contributed by atoms with E-state index in [4.69, 9.17) is 33.7 Å². The van der Waals surface area contributed by atoms with Crippen LogP contribution in [0.25, 0.3) is 11.0 Å². The number of primary amides is 1. The van der Waals surface area contributed by atoms with Crippen LogP contribution in [0.3, 0.4) is 0 Å². The topological polar surface area (TPSA) is 70.1 Å². The van der Waals surface area contributed by atoms with Crippen LogP contribution in [0.15, 0.2) is 12.1 Å². The molecular formula is C12H12Cl2FN3O2. The predicted octanol–water partition coefficient (Wildman–Crippen LogP) is 2.07. The number of hydrogen-bond donors (Lipinski definition) is 1. The summed E-state index contributed by atoms with van der Waals surface area (Å²) in [6.45, 7) is 0.513. The fourth-order valence-corrected chi connectivity index (χ4v) is 2.21. The second-order valence-electron chi connectivity index (χ2n) is 4.09. The predicted molar refractivity (Wildman–Crippen MR) is 74.3 cm³/mol. The molecule has 20 heavy (non-hydrogen) atoms. The van der Waals surface area contributed by atoms with E-state index >= 15 is 0 Å². The Morgan fingerprint density at radius 2 is 2.25 bits per heavy atom. The lowest BCUT2D eigenvalue weighted by Gasteiger charge is -2.08. The summed E-state index contributed by atoms with van der Waals surface area (Å²) >= 11 is 11.6. The number of imidazole rings is 1. The third kappa shape index (κ3) is 3.20. The summed E-state index contributed by atoms with van der Waals surface area (Å²) in [6.07, 6.45) is 0. The van der Waals surface area contributed by atoms with Gasteiger partial charge in [-0.1, -0.05) is 11.6 Å². The summed E-state index contributed by atoms with van der Waals surface area (Å²) in [5.41, 5.74) is 6.10. The lowest BCUT2D eigenvalue weighted by atomic mass is 10.3. The van der Waals surface area contributed by atoms with E-state index in [-0.39, 0.29) is 24.1 Å². The number of alkyl halides is 1. The van der Waals surface area contributed by atoms with Gasteiger partial charge < -0.3 is 15.0 Å². The zero-order valence-electron chi connectivity index (χ0n) is 10.4. The van der Waals surface area contributed by atoms with Crippen LogP contribution in [0.2, 0.25) is 5.02 Å². The Bertz CT molecular complexity index is 645. The third-order valence-electron chi connectivity index (χ3n) is 2.69. The Morgan fingerprint density at radius 1 is 1.50 bits per heavy atom. The largest absolute Gasteiger partial charge is 0.370 e. The molecule has 0 radical (unpaired) electrons. The first-order valence-electron chi connectivity index (χ1n) is 5.79. The lowest BCUT2D eigenvalue weighted by Crippen LogP contribution is -2.20. The van der Waals surface area contributed by atoms with E-state index in [0.29, 0.717) is 23.4 Å². The van der Waals surface area contributed by atoms with Crippen molar-refractivity contribution >= 4 is 40.1 Å². The number of fused-ring (bicyclic) bond motifs is 1. The van der Waals surface area contributed by atoms with Crippen molar-refractivity contribution in [2.45, 2.75) is 12.4 Å². The van der Waals surface area contributed by atoms with Crippen LogP contribution in [-0.4, -0.2) is 28.7 Å². The fraction of sp³-hybridized carbons (Fsp3) is 0.333. The summed E-state index contributed by atoms with van der Waals surface area (Å²) in [7, 11) is 0. The van der Waals surface area contributed by atoms with Crippen molar-refractivity contribution in [2.75, 3.05) is 13.2 Å². The molecule has 0 bridgehead atoms. The van der Waals surface area contributed by atoms with Gasteiger partial charge >= 0.3 is 0 Å². The highest BCUT2D eigenvalue weighted by atomic mass is 35.5. The number of carbonyl (C=O) groups is 1. The molecule has 0 aliphatic carbocycles. The van der Waals surface area contributed by atoms with Crippen LogP contribution in [0.5, 0.6) is 0 Å². The van der Waals surface area contributed by atoms with Gasteiger partial charge in [-0.3, -0.25) is 4.79 Å². The number of carbonyl (C=O) groups excluding carboxylic acids is 1. The number of benzene rings is 1. The molecule has 1 aromatic heterocycles. The Morgan fingerprint density at radius 3 is 2.90 bits per heavy atom. The molecule has 0 spiro atoms. The molecule has 2 N–H and O–H groups in total. The van der Waals surface area contributed by atoms with Gasteiger partial charge in [0.1, 0.15) is 18.2 Å². The summed E-state index contributed by atoms with van der Waals surface area (Å²) in [5, 5.41) is 0.0119. The van der Waals surface area contributed by atoms with Crippen LogP contribution < -0.4 is 5.73 Å². The van der Waals surface area contributed by atoms with E-state index in [1.54, 1.807) is 4.57 Å². The van der Waals surface area contributed by atoms with Crippen LogP contribution in [0, 0.1) is 5.82 Å². The molecule has 2 rings (SSSR count). The first-order chi connectivity index (χ1) is 9.52. The fourth-order valence-electron chi connectivity index (χ4n) is 1.85. The molecule has 1 heterocycles. The highest BCUT2D eigenvalue weighted by Crippen LogP contribution is 2.24. The molecule has 1 aromatic carbocycles. The summed E-state index contributed by atoms with van der Waals surface area (Å²) < 4.78 is 20.3. The lowest BCUT2D eigenvalue weighted by molar-refractivity contribution is -0.122. The highest BCUT2D eigenvalue weighted by molar-refractivity contribution is 6.31. The Balaban J connectivity index is 2.25. The van der Waals surface area contributed by atoms with Gasteiger partial charge in [0.15, 0.2) is 0 Å². The minimum Gasteiger partial charge on any atom is -0.370 e. The molecule has 0 saturated heterocycles. The van der Waals surface area contributed by atoms with Gasteiger partial charge in [-0.05, 0) is 6.07 Å². The van der Waals surface area contributed by atoms with Crippen LogP contribution in [0.1, 0.15) is 5.82 Å². The zero-order valence-corrected chi connectivity index (χ0v) is 11.9. The average molecular weight is 320 g/mol. The number of amides is 1. The summed E-state index contributed by atoms with van der Waals surface area (Å²) in [5.74, 6) is -0.326. The summed E-state index contributed by atoms with van der Waals surface area (Å²) in [6, 6.07) is 2.75. The average Bonchev–Trinajstić information content (AvgIpc) is 2.72. The Kier molecular flexibility index (Phi) is 4.80. The minimum absolute atomic E-state index is 0.0119. The maximum atomic E-state index is 13.4. The van der Waals surface area contributed by atoms with Crippen molar-refractivity contribution in [3.63, 3.8) is 0 Å². The smallest absolute Gasteiger partial charge is 0.243 e. The molecule has 0 saturated carbocycles. The minimum atomic E-state index is -0.539. The van der Waals surface area contributed by atoms with Crippen molar-refractivity contribution in [3.05, 3.63) is 28.8 Å². The van der Waals surface area contributed by atoms with Crippen LogP contribution >= 0.6 is 23.2 Å². The number of halogens is 3. The molecular weight excluding hydrogens is 308 g/mol. The first kappa shape index (κ1) is 15.0. The monoisotopic (exact) mass is 319 g/mol. The standard InChI is InChI=1S/C12H12Cl2FN3O2/c13-5-12-17-9-4-8(15)7(14)3-10(9)18(12)1-2-20-6-11(16)19/h3-4H,1-2,5-6H2,(H2,16,19). The van der Waals surface area contributed by atoms with E-state index in [2.05, 4.69) is 4.98 Å². The van der Waals surface area contributed by atoms with Gasteiger partial charge in [0.2, 0.25) is 5.91 Å². The maximum absolute atomic E-state index is 13.4. The number of aromatic nitrogens is 2. The van der Waals surface area contributed by atoms with Crippen LogP contribution in [-0.2, 0) is 22.0 Å². The quantitative estimate of drug-likeness (QED) is 0.654. The van der Waals surface area contributed by atoms with Crippen molar-refractivity contribution < 1.29 is 13.9 Å². The second-order valence-corrected chi connectivity index (χ2v) is 4.76. The van der Waals surface area contributed by atoms with Gasteiger partial charge in [0.05, 0.1) is 28.5 Å². The number of rotatable bonds is 6. The number of hydrogen-bond acceptors (Lipinski definition) is 3. The zero-order chi connectivity index (χ0) is 14.7. The van der Waals surface area contributed by atoms with E-state index in [9.17, 15) is 9.18 Å². The van der Waals surface area contributed by atoms with Crippen molar-refractivity contribution in [3.8, 4) is 0 Å². The molecule has 0 fully saturated rings. The molecule has 0 aliphatic heterocycles. The molecule has 8 heteroatoms. The molecule has 0 aliphatic rings. The first-order valence-corrected chi connectivity index (χ1v) is 6.70. The highest BCUT2D eigenvalue weighted by Gasteiger charge is 2.13. The maximum Gasteiger partial charge on any atom is 0.243 e. The molecule has 5 nitrogen and oxygen atoms in total. The van der Waals surface area contributed by atoms with E-state index < -0.39 is 11.7 Å². The normalized spacial score (nSPS) is 11.2.